The number of amides is 1. The molecule has 1 atom stereocenters. The second kappa shape index (κ2) is 9.30. The van der Waals surface area contributed by atoms with Crippen LogP contribution in [0, 0.1) is 11.3 Å². The van der Waals surface area contributed by atoms with Gasteiger partial charge in [0.1, 0.15) is 6.04 Å². The van der Waals surface area contributed by atoms with E-state index >= 15 is 0 Å². The average molecular weight is 312 g/mol. The highest BCUT2D eigenvalue weighted by Gasteiger charge is 2.28. The summed E-state index contributed by atoms with van der Waals surface area (Å²) < 4.78 is 10.3. The van der Waals surface area contributed by atoms with Crippen LogP contribution < -0.4 is 5.32 Å². The number of esters is 1. The molecule has 0 aromatic rings. The molecule has 1 fully saturated rings. The third kappa shape index (κ3) is 6.34. The van der Waals surface area contributed by atoms with Gasteiger partial charge in [-0.3, -0.25) is 9.59 Å². The number of hydrogen-bond donors (Lipinski definition) is 2. The van der Waals surface area contributed by atoms with Crippen molar-refractivity contribution in [1.29, 1.82) is 5.41 Å². The van der Waals surface area contributed by atoms with E-state index in [2.05, 4.69) is 5.32 Å². The van der Waals surface area contributed by atoms with Gasteiger partial charge in [-0.25, -0.2) is 4.79 Å². The highest BCUT2D eigenvalue weighted by Crippen LogP contribution is 2.15. The Hall–Kier alpha value is -1.76. The molecule has 1 amide bonds. The van der Waals surface area contributed by atoms with Crippen molar-refractivity contribution in [2.45, 2.75) is 51.7 Å². The topological polar surface area (TPSA) is 106 Å². The first kappa shape index (κ1) is 18.3. The second-order valence-corrected chi connectivity index (χ2v) is 5.58. The van der Waals surface area contributed by atoms with Gasteiger partial charge in [-0.1, -0.05) is 0 Å². The van der Waals surface area contributed by atoms with Gasteiger partial charge in [0.05, 0.1) is 12.3 Å². The fourth-order valence-corrected chi connectivity index (χ4v) is 2.17. The number of rotatable bonds is 8. The predicted molar refractivity (Wildman–Crippen MR) is 79.7 cm³/mol. The Morgan fingerprint density at radius 2 is 1.95 bits per heavy atom. The summed E-state index contributed by atoms with van der Waals surface area (Å²) in [6.45, 7) is 4.51. The van der Waals surface area contributed by atoms with E-state index in [9.17, 15) is 14.4 Å². The maximum atomic E-state index is 12.2. The maximum Gasteiger partial charge on any atom is 0.328 e. The lowest BCUT2D eigenvalue weighted by Crippen LogP contribution is -2.46. The van der Waals surface area contributed by atoms with Crippen LogP contribution in [0.25, 0.3) is 0 Å². The van der Waals surface area contributed by atoms with Gasteiger partial charge in [0, 0.05) is 25.6 Å². The fraction of sp³-hybridized carbons (Fsp3) is 0.733. The van der Waals surface area contributed by atoms with Gasteiger partial charge >= 0.3 is 5.97 Å². The SMILES string of the molecule is CC(C)OC(=O)[C@H](CCC(=O)C=N)NC(=O)C1CCOCC1. The van der Waals surface area contributed by atoms with Crippen molar-refractivity contribution in [3.8, 4) is 0 Å². The summed E-state index contributed by atoms with van der Waals surface area (Å²) >= 11 is 0. The first-order chi connectivity index (χ1) is 10.4. The monoisotopic (exact) mass is 312 g/mol. The molecule has 0 unspecified atom stereocenters. The van der Waals surface area contributed by atoms with E-state index in [4.69, 9.17) is 14.9 Å². The fourth-order valence-electron chi connectivity index (χ4n) is 2.17. The van der Waals surface area contributed by atoms with E-state index < -0.39 is 12.0 Å². The van der Waals surface area contributed by atoms with Crippen molar-refractivity contribution in [3.63, 3.8) is 0 Å². The molecule has 7 nitrogen and oxygen atoms in total. The molecule has 2 N–H and O–H groups in total. The van der Waals surface area contributed by atoms with Crippen LogP contribution in [0.15, 0.2) is 0 Å². The summed E-state index contributed by atoms with van der Waals surface area (Å²) in [5.41, 5.74) is 0. The molecule has 0 aromatic carbocycles. The molecule has 22 heavy (non-hydrogen) atoms. The molecule has 1 aliphatic rings. The number of ether oxygens (including phenoxy) is 2. The average Bonchev–Trinajstić information content (AvgIpc) is 2.50. The van der Waals surface area contributed by atoms with Crippen molar-refractivity contribution in [3.05, 3.63) is 0 Å². The number of nitrogens with one attached hydrogen (secondary N) is 2. The van der Waals surface area contributed by atoms with Crippen LogP contribution in [0.3, 0.4) is 0 Å². The number of carbonyl (C=O) groups is 3. The predicted octanol–water partition coefficient (Wildman–Crippen LogP) is 0.848. The number of ketones is 1. The molecule has 0 spiro atoms. The van der Waals surface area contributed by atoms with Crippen molar-refractivity contribution in [2.75, 3.05) is 13.2 Å². The molecule has 0 radical (unpaired) electrons. The summed E-state index contributed by atoms with van der Waals surface area (Å²) in [4.78, 5) is 35.5. The molecule has 0 aliphatic carbocycles. The molecule has 1 heterocycles. The Morgan fingerprint density at radius 1 is 1.32 bits per heavy atom. The molecule has 1 saturated heterocycles. The highest BCUT2D eigenvalue weighted by atomic mass is 16.5. The summed E-state index contributed by atoms with van der Waals surface area (Å²) in [6, 6.07) is -0.860. The Morgan fingerprint density at radius 3 is 2.50 bits per heavy atom. The third-order valence-electron chi connectivity index (χ3n) is 3.39. The molecular weight excluding hydrogens is 288 g/mol. The van der Waals surface area contributed by atoms with E-state index in [0.29, 0.717) is 32.3 Å². The van der Waals surface area contributed by atoms with Gasteiger partial charge < -0.3 is 20.2 Å². The molecule has 1 rings (SSSR count). The van der Waals surface area contributed by atoms with Crippen LogP contribution >= 0.6 is 0 Å². The van der Waals surface area contributed by atoms with Gasteiger partial charge in [0.2, 0.25) is 5.91 Å². The molecule has 0 saturated carbocycles. The lowest BCUT2D eigenvalue weighted by molar-refractivity contribution is -0.152. The third-order valence-corrected chi connectivity index (χ3v) is 3.39. The summed E-state index contributed by atoms with van der Waals surface area (Å²) in [7, 11) is 0. The lowest BCUT2D eigenvalue weighted by Gasteiger charge is -2.24. The number of hydrogen-bond acceptors (Lipinski definition) is 6. The van der Waals surface area contributed by atoms with Crippen LogP contribution in [0.1, 0.15) is 39.5 Å². The Balaban J connectivity index is 2.62. The highest BCUT2D eigenvalue weighted by molar-refractivity contribution is 6.26. The van der Waals surface area contributed by atoms with Crippen molar-refractivity contribution < 1.29 is 23.9 Å². The van der Waals surface area contributed by atoms with Crippen LogP contribution in [0.4, 0.5) is 0 Å². The van der Waals surface area contributed by atoms with Gasteiger partial charge in [0.15, 0.2) is 5.78 Å². The molecule has 0 aromatic heterocycles. The first-order valence-corrected chi connectivity index (χ1v) is 7.56. The van der Waals surface area contributed by atoms with Gasteiger partial charge in [-0.05, 0) is 33.1 Å². The molecule has 0 bridgehead atoms. The van der Waals surface area contributed by atoms with Crippen molar-refractivity contribution in [1.82, 2.24) is 5.32 Å². The quantitative estimate of drug-likeness (QED) is 0.510. The van der Waals surface area contributed by atoms with Crippen molar-refractivity contribution in [2.24, 2.45) is 5.92 Å². The Labute approximate surface area is 130 Å². The van der Waals surface area contributed by atoms with E-state index in [-0.39, 0.29) is 36.6 Å². The molecule has 1 aliphatic heterocycles. The van der Waals surface area contributed by atoms with Gasteiger partial charge in [0.25, 0.3) is 0 Å². The van der Waals surface area contributed by atoms with Gasteiger partial charge in [-0.2, -0.15) is 0 Å². The van der Waals surface area contributed by atoms with E-state index in [1.807, 2.05) is 0 Å². The van der Waals surface area contributed by atoms with Gasteiger partial charge in [-0.15, -0.1) is 0 Å². The van der Waals surface area contributed by atoms with Crippen LogP contribution in [0.2, 0.25) is 0 Å². The Kier molecular flexibility index (Phi) is 7.73. The van der Waals surface area contributed by atoms with E-state index in [0.717, 1.165) is 0 Å². The zero-order valence-corrected chi connectivity index (χ0v) is 13.1. The minimum Gasteiger partial charge on any atom is -0.461 e. The number of Topliss-reactive ketones (excluding diaryl/α,β-unsaturated/α-hetero) is 1. The second-order valence-electron chi connectivity index (χ2n) is 5.58. The standard InChI is InChI=1S/C15H24N2O5/c1-10(2)22-15(20)13(4-3-12(18)9-16)17-14(19)11-5-7-21-8-6-11/h9-11,13,16H,3-8H2,1-2H3,(H,17,19)/t13-/m0/s1. The van der Waals surface area contributed by atoms with Crippen LogP contribution in [-0.2, 0) is 23.9 Å². The number of carbonyl (C=O) groups excluding carboxylic acids is 3. The zero-order valence-electron chi connectivity index (χ0n) is 13.1. The van der Waals surface area contributed by atoms with E-state index in [1.54, 1.807) is 13.8 Å². The molecule has 7 heteroatoms. The zero-order chi connectivity index (χ0) is 16.5. The van der Waals surface area contributed by atoms with Crippen LogP contribution in [-0.4, -0.2) is 49.2 Å². The smallest absolute Gasteiger partial charge is 0.328 e. The first-order valence-electron chi connectivity index (χ1n) is 7.56. The molecule has 124 valence electrons. The molecular formula is C15H24N2O5. The summed E-state index contributed by atoms with van der Waals surface area (Å²) in [6.07, 6.45) is 1.82. The largest absolute Gasteiger partial charge is 0.461 e. The van der Waals surface area contributed by atoms with Crippen LogP contribution in [0.5, 0.6) is 0 Å². The minimum absolute atomic E-state index is 0.0232. The minimum atomic E-state index is -0.860. The Bertz CT molecular complexity index is 416. The maximum absolute atomic E-state index is 12.2. The summed E-state index contributed by atoms with van der Waals surface area (Å²) in [5, 5.41) is 9.56. The summed E-state index contributed by atoms with van der Waals surface area (Å²) in [5.74, 6) is -1.33. The van der Waals surface area contributed by atoms with E-state index in [1.165, 1.54) is 0 Å². The lowest BCUT2D eigenvalue weighted by atomic mass is 9.98. The normalized spacial score (nSPS) is 16.9. The van der Waals surface area contributed by atoms with Crippen molar-refractivity contribution >= 4 is 23.9 Å².